The SMILES string of the molecule is O.O=C=O.O=C=O.[CH3-].[CH3-].[Cu+2]. The molecule has 0 bridgehead atoms. The summed E-state index contributed by atoms with van der Waals surface area (Å²) in [7, 11) is 0. The Labute approximate surface area is 69.6 Å². The van der Waals surface area contributed by atoms with Gasteiger partial charge in [-0.1, -0.05) is 0 Å². The van der Waals surface area contributed by atoms with Gasteiger partial charge in [-0.05, 0) is 0 Å². The fourth-order valence-corrected chi connectivity index (χ4v) is 0. The zero-order chi connectivity index (χ0) is 5.41. The van der Waals surface area contributed by atoms with Crippen LogP contribution in [0.5, 0.6) is 0 Å². The fourth-order valence-electron chi connectivity index (χ4n) is 0. The van der Waals surface area contributed by atoms with E-state index in [1.54, 1.807) is 0 Å². The molecule has 0 atom stereocenters. The van der Waals surface area contributed by atoms with Crippen molar-refractivity contribution in [2.24, 2.45) is 0 Å². The number of hydrogen-bond donors (Lipinski definition) is 0. The summed E-state index contributed by atoms with van der Waals surface area (Å²) in [6, 6.07) is 0. The maximum atomic E-state index is 8.12. The summed E-state index contributed by atoms with van der Waals surface area (Å²) in [5, 5.41) is 0. The first-order valence-electron chi connectivity index (χ1n) is 0.816. The predicted octanol–water partition coefficient (Wildman–Crippen LogP) is -1.09. The molecule has 0 amide bonds. The van der Waals surface area contributed by atoms with Gasteiger partial charge in [-0.15, -0.1) is 0 Å². The largest absolute Gasteiger partial charge is 2.00 e. The molecule has 0 aromatic rings. The Kier molecular flexibility index (Phi) is 1680. The fraction of sp³-hybridized carbons (Fsp3) is 0. The van der Waals surface area contributed by atoms with Crippen molar-refractivity contribution in [1.29, 1.82) is 0 Å². The quantitative estimate of drug-likeness (QED) is 0.365. The standard InChI is InChI=1S/2CO2.2CH3.Cu.H2O/c2*2-1-3;;;;/h;;2*1H3;;1H2/q;;2*-1;+2;. The van der Waals surface area contributed by atoms with E-state index in [2.05, 4.69) is 0 Å². The summed E-state index contributed by atoms with van der Waals surface area (Å²) in [4.78, 5) is 32.5. The molecule has 6 heteroatoms. The molecule has 0 heterocycles. The van der Waals surface area contributed by atoms with Crippen LogP contribution in [-0.2, 0) is 36.2 Å². The third-order valence-corrected chi connectivity index (χ3v) is 0. The third-order valence-electron chi connectivity index (χ3n) is 0. The van der Waals surface area contributed by atoms with Gasteiger partial charge in [-0.25, -0.2) is 0 Å². The van der Waals surface area contributed by atoms with Crippen LogP contribution in [0.25, 0.3) is 0 Å². The summed E-state index contributed by atoms with van der Waals surface area (Å²) >= 11 is 0. The molecule has 0 aliphatic rings. The van der Waals surface area contributed by atoms with Gasteiger partial charge < -0.3 is 20.3 Å². The normalized spacial score (nSPS) is 1.60. The Morgan fingerprint density at radius 2 is 0.700 bits per heavy atom. The maximum absolute atomic E-state index is 8.12. The van der Waals surface area contributed by atoms with Crippen LogP contribution in [0.1, 0.15) is 0 Å². The van der Waals surface area contributed by atoms with Gasteiger partial charge in [-0.3, -0.25) is 0 Å². The van der Waals surface area contributed by atoms with Gasteiger partial charge in [-0.2, -0.15) is 19.2 Å². The van der Waals surface area contributed by atoms with E-state index in [4.69, 9.17) is 19.2 Å². The minimum atomic E-state index is 0. The molecule has 0 saturated heterocycles. The van der Waals surface area contributed by atoms with E-state index >= 15 is 0 Å². The van der Waals surface area contributed by atoms with Gasteiger partial charge in [0.15, 0.2) is 0 Å². The van der Waals surface area contributed by atoms with Crippen LogP contribution in [0, 0.1) is 14.9 Å². The Balaban J connectivity index is -0.00000000571. The molecular weight excluding hydrogens is 192 g/mol. The van der Waals surface area contributed by atoms with Gasteiger partial charge >= 0.3 is 29.4 Å². The van der Waals surface area contributed by atoms with E-state index in [-0.39, 0.29) is 49.7 Å². The Morgan fingerprint density at radius 3 is 0.700 bits per heavy atom. The predicted molar refractivity (Wildman–Crippen MR) is 26.5 cm³/mol. The second kappa shape index (κ2) is 281. The Bertz CT molecular complexity index is 67.6. The van der Waals surface area contributed by atoms with E-state index in [0.717, 1.165) is 0 Å². The van der Waals surface area contributed by atoms with Crippen molar-refractivity contribution in [2.45, 2.75) is 0 Å². The summed E-state index contributed by atoms with van der Waals surface area (Å²) in [5.41, 5.74) is 0. The molecule has 0 saturated carbocycles. The molecule has 2 N–H and O–H groups in total. The van der Waals surface area contributed by atoms with Crippen molar-refractivity contribution in [1.82, 2.24) is 0 Å². The van der Waals surface area contributed by atoms with E-state index in [0.29, 0.717) is 0 Å². The van der Waals surface area contributed by atoms with E-state index in [9.17, 15) is 0 Å². The second-order valence-electron chi connectivity index (χ2n) is 0.167. The van der Waals surface area contributed by atoms with Gasteiger partial charge in [0.05, 0.1) is 0 Å². The summed E-state index contributed by atoms with van der Waals surface area (Å²) in [6.45, 7) is 0. The summed E-state index contributed by atoms with van der Waals surface area (Å²) in [6.07, 6.45) is 0.500. The van der Waals surface area contributed by atoms with Gasteiger partial charge in [0.2, 0.25) is 0 Å². The molecule has 0 aliphatic heterocycles. The zero-order valence-electron chi connectivity index (χ0n) is 5.43. The van der Waals surface area contributed by atoms with Crippen LogP contribution in [0.3, 0.4) is 0 Å². The molecule has 10 heavy (non-hydrogen) atoms. The van der Waals surface area contributed by atoms with Crippen LogP contribution in [-0.4, -0.2) is 17.8 Å². The van der Waals surface area contributed by atoms with Crippen LogP contribution >= 0.6 is 0 Å². The molecule has 0 aromatic heterocycles. The minimum absolute atomic E-state index is 0. The van der Waals surface area contributed by atoms with E-state index < -0.39 is 0 Å². The molecule has 0 aromatic carbocycles. The third kappa shape index (κ3) is 487. The molecule has 1 radical (unpaired) electrons. The van der Waals surface area contributed by atoms with Gasteiger partial charge in [0, 0.05) is 0 Å². The molecule has 0 unspecified atom stereocenters. The number of hydrogen-bond acceptors (Lipinski definition) is 4. The minimum Gasteiger partial charge on any atom is -0.412 e. The average Bonchev–Trinajstić information content (AvgIpc) is 1.39. The monoisotopic (exact) mass is 199 g/mol. The van der Waals surface area contributed by atoms with Crippen molar-refractivity contribution in [2.75, 3.05) is 0 Å². The van der Waals surface area contributed by atoms with Crippen molar-refractivity contribution >= 4 is 12.3 Å². The molecule has 0 rings (SSSR count). The Morgan fingerprint density at radius 1 is 0.700 bits per heavy atom. The molecule has 65 valence electrons. The van der Waals surface area contributed by atoms with Crippen molar-refractivity contribution in [3.05, 3.63) is 14.9 Å². The summed E-state index contributed by atoms with van der Waals surface area (Å²) < 4.78 is 0. The number of carbonyl (C=O) groups excluding carboxylic acids is 4. The van der Waals surface area contributed by atoms with Crippen LogP contribution < -0.4 is 0 Å². The molecular formula is C4H8CuO5. The van der Waals surface area contributed by atoms with Crippen molar-refractivity contribution in [3.63, 3.8) is 0 Å². The second-order valence-corrected chi connectivity index (χ2v) is 0.167. The first-order chi connectivity index (χ1) is 2.83. The first-order valence-corrected chi connectivity index (χ1v) is 0.816. The molecule has 5 nitrogen and oxygen atoms in total. The molecule has 0 spiro atoms. The zero-order valence-corrected chi connectivity index (χ0v) is 6.38. The van der Waals surface area contributed by atoms with Crippen molar-refractivity contribution in [3.8, 4) is 0 Å². The van der Waals surface area contributed by atoms with Gasteiger partial charge in [0.25, 0.3) is 0 Å². The first kappa shape index (κ1) is 59.8. The topological polar surface area (TPSA) is 99.8 Å². The van der Waals surface area contributed by atoms with Crippen LogP contribution in [0.2, 0.25) is 0 Å². The average molecular weight is 200 g/mol. The molecule has 0 fully saturated rings. The van der Waals surface area contributed by atoms with Crippen LogP contribution in [0.4, 0.5) is 0 Å². The van der Waals surface area contributed by atoms with Crippen LogP contribution in [0.15, 0.2) is 0 Å². The molecule has 0 aliphatic carbocycles. The maximum Gasteiger partial charge on any atom is 2.00 e. The Hall–Kier alpha value is -0.761. The summed E-state index contributed by atoms with van der Waals surface area (Å²) in [5.74, 6) is 0. The van der Waals surface area contributed by atoms with E-state index in [1.165, 1.54) is 0 Å². The van der Waals surface area contributed by atoms with Gasteiger partial charge in [0.1, 0.15) is 0 Å². The van der Waals surface area contributed by atoms with E-state index in [1.807, 2.05) is 0 Å². The van der Waals surface area contributed by atoms with Crippen molar-refractivity contribution < 1.29 is 41.7 Å². The number of rotatable bonds is 0. The smallest absolute Gasteiger partial charge is 0.412 e.